The van der Waals surface area contributed by atoms with Crippen molar-refractivity contribution in [2.45, 2.75) is 143 Å². The Labute approximate surface area is 187 Å². The Balaban J connectivity index is 3.54. The van der Waals surface area contributed by atoms with Crippen molar-refractivity contribution in [2.24, 2.45) is 17.8 Å². The van der Waals surface area contributed by atoms with Crippen LogP contribution in [0.15, 0.2) is 0 Å². The van der Waals surface area contributed by atoms with E-state index in [0.717, 1.165) is 38.0 Å². The van der Waals surface area contributed by atoms with Crippen molar-refractivity contribution in [1.29, 1.82) is 0 Å². The molecule has 1 atom stereocenters. The third kappa shape index (κ3) is 19.1. The monoisotopic (exact) mass is 424 g/mol. The largest absolute Gasteiger partial charge is 0.481 e. The molecule has 0 saturated heterocycles. The second-order valence-corrected chi connectivity index (χ2v) is 10.2. The zero-order valence-corrected chi connectivity index (χ0v) is 20.7. The van der Waals surface area contributed by atoms with E-state index in [9.17, 15) is 14.7 Å². The minimum absolute atomic E-state index is 0.0551. The van der Waals surface area contributed by atoms with Crippen molar-refractivity contribution >= 4 is 11.8 Å². The van der Waals surface area contributed by atoms with Crippen molar-refractivity contribution in [3.8, 4) is 0 Å². The number of unbranched alkanes of at least 4 members (excludes halogenated alkanes) is 12. The summed E-state index contributed by atoms with van der Waals surface area (Å²) in [6, 6.07) is 0. The Morgan fingerprint density at radius 1 is 0.533 bits per heavy atom. The zero-order chi connectivity index (χ0) is 22.6. The summed E-state index contributed by atoms with van der Waals surface area (Å²) in [6.45, 7) is 8.96. The number of aliphatic carboxylic acids is 1. The standard InChI is InChI=1S/C27H52O3/c1-23(2)19-15-13-11-9-7-5-6-8-10-12-14-16-22-26(28)25(27(29)30)21-18-17-20-24(3)4/h23-25H,5-22H2,1-4H3,(H,29,30). The first-order valence-corrected chi connectivity index (χ1v) is 13.1. The lowest BCUT2D eigenvalue weighted by Crippen LogP contribution is -2.23. The van der Waals surface area contributed by atoms with Crippen LogP contribution in [0.1, 0.15) is 143 Å². The van der Waals surface area contributed by atoms with Gasteiger partial charge in [0.2, 0.25) is 0 Å². The van der Waals surface area contributed by atoms with Crippen molar-refractivity contribution in [2.75, 3.05) is 0 Å². The van der Waals surface area contributed by atoms with Crippen LogP contribution in [0.4, 0.5) is 0 Å². The van der Waals surface area contributed by atoms with E-state index >= 15 is 0 Å². The van der Waals surface area contributed by atoms with Crippen LogP contribution < -0.4 is 0 Å². The number of Topliss-reactive ketones (excluding diaryl/α,β-unsaturated/α-hetero) is 1. The third-order valence-corrected chi connectivity index (χ3v) is 6.17. The number of carbonyl (C=O) groups is 2. The average Bonchev–Trinajstić information content (AvgIpc) is 2.67. The van der Waals surface area contributed by atoms with Crippen molar-refractivity contribution in [3.05, 3.63) is 0 Å². The Bertz CT molecular complexity index is 414. The number of carbonyl (C=O) groups excluding carboxylic acids is 1. The first-order valence-electron chi connectivity index (χ1n) is 13.1. The lowest BCUT2D eigenvalue weighted by Gasteiger charge is -2.12. The highest BCUT2D eigenvalue weighted by Gasteiger charge is 2.24. The van der Waals surface area contributed by atoms with Gasteiger partial charge in [0.15, 0.2) is 0 Å². The molecule has 0 fully saturated rings. The molecule has 0 radical (unpaired) electrons. The van der Waals surface area contributed by atoms with E-state index in [1.54, 1.807) is 0 Å². The summed E-state index contributed by atoms with van der Waals surface area (Å²) in [5.41, 5.74) is 0. The van der Waals surface area contributed by atoms with Gasteiger partial charge in [-0.2, -0.15) is 0 Å². The van der Waals surface area contributed by atoms with Crippen LogP contribution in [0, 0.1) is 17.8 Å². The predicted molar refractivity (Wildman–Crippen MR) is 129 cm³/mol. The Kier molecular flexibility index (Phi) is 19.5. The van der Waals surface area contributed by atoms with Gasteiger partial charge < -0.3 is 5.11 Å². The molecule has 1 unspecified atom stereocenters. The van der Waals surface area contributed by atoms with E-state index in [0.29, 0.717) is 18.8 Å². The van der Waals surface area contributed by atoms with Gasteiger partial charge in [0.1, 0.15) is 11.7 Å². The van der Waals surface area contributed by atoms with Gasteiger partial charge in [-0.05, 0) is 24.7 Å². The number of carboxylic acid groups (broad SMARTS) is 1. The molecule has 30 heavy (non-hydrogen) atoms. The fraction of sp³-hybridized carbons (Fsp3) is 0.926. The lowest BCUT2D eigenvalue weighted by atomic mass is 9.92. The molecule has 0 aliphatic carbocycles. The van der Waals surface area contributed by atoms with Crippen LogP contribution in [0.3, 0.4) is 0 Å². The van der Waals surface area contributed by atoms with Gasteiger partial charge >= 0.3 is 5.97 Å². The molecule has 0 rings (SSSR count). The highest BCUT2D eigenvalue weighted by molar-refractivity contribution is 5.98. The molecule has 0 spiro atoms. The highest BCUT2D eigenvalue weighted by atomic mass is 16.4. The molecule has 0 saturated carbocycles. The van der Waals surface area contributed by atoms with Gasteiger partial charge in [0.05, 0.1) is 0 Å². The van der Waals surface area contributed by atoms with Gasteiger partial charge in [-0.25, -0.2) is 0 Å². The molecule has 3 heteroatoms. The van der Waals surface area contributed by atoms with Crippen molar-refractivity contribution < 1.29 is 14.7 Å². The van der Waals surface area contributed by atoms with Gasteiger partial charge in [-0.15, -0.1) is 0 Å². The molecule has 0 amide bonds. The Hall–Kier alpha value is -0.860. The van der Waals surface area contributed by atoms with E-state index < -0.39 is 11.9 Å². The molecule has 3 nitrogen and oxygen atoms in total. The molecular formula is C27H52O3. The van der Waals surface area contributed by atoms with Crippen LogP contribution in [-0.4, -0.2) is 16.9 Å². The Morgan fingerprint density at radius 2 is 0.867 bits per heavy atom. The third-order valence-electron chi connectivity index (χ3n) is 6.17. The molecule has 0 bridgehead atoms. The maximum absolute atomic E-state index is 12.3. The second-order valence-electron chi connectivity index (χ2n) is 10.2. The topological polar surface area (TPSA) is 54.4 Å². The number of rotatable bonds is 22. The summed E-state index contributed by atoms with van der Waals surface area (Å²) in [5, 5.41) is 9.36. The van der Waals surface area contributed by atoms with Crippen LogP contribution in [-0.2, 0) is 9.59 Å². The smallest absolute Gasteiger partial charge is 0.314 e. The van der Waals surface area contributed by atoms with E-state index in [1.807, 2.05) is 0 Å². The van der Waals surface area contributed by atoms with Crippen molar-refractivity contribution in [1.82, 2.24) is 0 Å². The molecule has 1 N–H and O–H groups in total. The average molecular weight is 425 g/mol. The molecular weight excluding hydrogens is 372 g/mol. The first kappa shape index (κ1) is 29.1. The number of ketones is 1. The number of carboxylic acids is 1. The van der Waals surface area contributed by atoms with Gasteiger partial charge in [0, 0.05) is 6.42 Å². The number of hydrogen-bond donors (Lipinski definition) is 1. The minimum atomic E-state index is -0.926. The molecule has 0 aliphatic rings. The van der Waals surface area contributed by atoms with Gasteiger partial charge in [0.25, 0.3) is 0 Å². The summed E-state index contributed by atoms with van der Waals surface area (Å²) in [4.78, 5) is 23.7. The van der Waals surface area contributed by atoms with Crippen molar-refractivity contribution in [3.63, 3.8) is 0 Å². The summed E-state index contributed by atoms with van der Waals surface area (Å²) >= 11 is 0. The maximum Gasteiger partial charge on any atom is 0.314 e. The summed E-state index contributed by atoms with van der Waals surface area (Å²) in [6.07, 6.45) is 20.6. The summed E-state index contributed by atoms with van der Waals surface area (Å²) in [5.74, 6) is -0.266. The van der Waals surface area contributed by atoms with Crippen LogP contribution in [0.25, 0.3) is 0 Å². The summed E-state index contributed by atoms with van der Waals surface area (Å²) < 4.78 is 0. The predicted octanol–water partition coefficient (Wildman–Crippen LogP) is 8.59. The highest BCUT2D eigenvalue weighted by Crippen LogP contribution is 2.18. The minimum Gasteiger partial charge on any atom is -0.481 e. The molecule has 0 aromatic carbocycles. The molecule has 0 aromatic heterocycles. The summed E-state index contributed by atoms with van der Waals surface area (Å²) in [7, 11) is 0. The fourth-order valence-corrected chi connectivity index (χ4v) is 4.12. The maximum atomic E-state index is 12.3. The van der Waals surface area contributed by atoms with E-state index in [2.05, 4.69) is 27.7 Å². The zero-order valence-electron chi connectivity index (χ0n) is 20.7. The van der Waals surface area contributed by atoms with Crippen LogP contribution in [0.5, 0.6) is 0 Å². The van der Waals surface area contributed by atoms with Gasteiger partial charge in [-0.1, -0.05) is 124 Å². The molecule has 0 heterocycles. The second kappa shape index (κ2) is 20.1. The molecule has 178 valence electrons. The fourth-order valence-electron chi connectivity index (χ4n) is 4.12. The first-order chi connectivity index (χ1) is 14.3. The molecule has 0 aromatic rings. The van der Waals surface area contributed by atoms with Crippen LogP contribution >= 0.6 is 0 Å². The molecule has 0 aliphatic heterocycles. The van der Waals surface area contributed by atoms with E-state index in [4.69, 9.17) is 0 Å². The number of hydrogen-bond acceptors (Lipinski definition) is 2. The quantitative estimate of drug-likeness (QED) is 0.140. The van der Waals surface area contributed by atoms with Crippen LogP contribution in [0.2, 0.25) is 0 Å². The lowest BCUT2D eigenvalue weighted by molar-refractivity contribution is -0.146. The normalized spacial score (nSPS) is 12.6. The SMILES string of the molecule is CC(C)CCCCCCCCCCCCCCC(=O)C(CCCCC(C)C)C(=O)O. The van der Waals surface area contributed by atoms with E-state index in [1.165, 1.54) is 70.6 Å². The van der Waals surface area contributed by atoms with Gasteiger partial charge in [-0.3, -0.25) is 9.59 Å². The Morgan fingerprint density at radius 3 is 1.27 bits per heavy atom. The van der Waals surface area contributed by atoms with E-state index in [-0.39, 0.29) is 5.78 Å².